The monoisotopic (exact) mass is 260 g/mol. The lowest BCUT2D eigenvalue weighted by atomic mass is 10.2. The van der Waals surface area contributed by atoms with Crippen LogP contribution in [0.1, 0.15) is 5.56 Å². The zero-order valence-corrected chi connectivity index (χ0v) is 11.0. The molecule has 0 bridgehead atoms. The van der Waals surface area contributed by atoms with Gasteiger partial charge in [-0.2, -0.15) is 5.26 Å². The van der Waals surface area contributed by atoms with Gasteiger partial charge in [-0.3, -0.25) is 4.79 Å². The molecule has 1 fully saturated rings. The molecule has 0 spiro atoms. The summed E-state index contributed by atoms with van der Waals surface area (Å²) >= 11 is 0. The van der Waals surface area contributed by atoms with Gasteiger partial charge in [-0.05, 0) is 12.1 Å². The van der Waals surface area contributed by atoms with E-state index >= 15 is 0 Å². The van der Waals surface area contributed by atoms with Crippen molar-refractivity contribution in [1.82, 2.24) is 9.88 Å². The lowest BCUT2D eigenvalue weighted by molar-refractivity contribution is -0.141. The Hall–Kier alpha value is -2.13. The van der Waals surface area contributed by atoms with E-state index in [1.807, 2.05) is 11.0 Å². The predicted molar refractivity (Wildman–Crippen MR) is 69.6 cm³/mol. The van der Waals surface area contributed by atoms with Crippen LogP contribution in [0.5, 0.6) is 0 Å². The van der Waals surface area contributed by atoms with E-state index in [0.717, 1.165) is 5.82 Å². The van der Waals surface area contributed by atoms with Crippen LogP contribution >= 0.6 is 0 Å². The van der Waals surface area contributed by atoms with Crippen LogP contribution in [0.15, 0.2) is 18.3 Å². The number of morpholine rings is 1. The lowest BCUT2D eigenvalue weighted by Crippen LogP contribution is -2.49. The highest BCUT2D eigenvalue weighted by atomic mass is 16.5. The molecular weight excluding hydrogens is 244 g/mol. The molecule has 1 aliphatic heterocycles. The number of nitrogens with zero attached hydrogens (tertiary/aromatic N) is 4. The maximum absolute atomic E-state index is 11.9. The molecule has 100 valence electrons. The van der Waals surface area contributed by atoms with E-state index in [2.05, 4.69) is 4.98 Å². The molecule has 1 saturated heterocycles. The fraction of sp³-hybridized carbons (Fsp3) is 0.462. The minimum Gasteiger partial charge on any atom is -0.365 e. The van der Waals surface area contributed by atoms with Crippen molar-refractivity contribution in [3.8, 4) is 6.07 Å². The van der Waals surface area contributed by atoms with E-state index < -0.39 is 6.10 Å². The van der Waals surface area contributed by atoms with Gasteiger partial charge in [0.05, 0.1) is 18.7 Å². The van der Waals surface area contributed by atoms with Gasteiger partial charge in [-0.25, -0.2) is 4.98 Å². The molecule has 6 heteroatoms. The third kappa shape index (κ3) is 3.01. The molecule has 6 nitrogen and oxygen atoms in total. The van der Waals surface area contributed by atoms with Gasteiger partial charge in [0.1, 0.15) is 11.9 Å². The van der Waals surface area contributed by atoms with Gasteiger partial charge in [0.25, 0.3) is 5.91 Å². The molecule has 1 unspecified atom stereocenters. The van der Waals surface area contributed by atoms with Crippen LogP contribution in [0.3, 0.4) is 0 Å². The van der Waals surface area contributed by atoms with E-state index in [9.17, 15) is 4.79 Å². The molecule has 0 saturated carbocycles. The molecule has 1 aromatic rings. The minimum absolute atomic E-state index is 0.0432. The van der Waals surface area contributed by atoms with Gasteiger partial charge in [-0.1, -0.05) is 0 Å². The van der Waals surface area contributed by atoms with Crippen molar-refractivity contribution < 1.29 is 9.53 Å². The van der Waals surface area contributed by atoms with Crippen molar-refractivity contribution in [3.63, 3.8) is 0 Å². The Labute approximate surface area is 112 Å². The molecule has 19 heavy (non-hydrogen) atoms. The number of carbonyl (C=O) groups is 1. The molecule has 0 aromatic carbocycles. The van der Waals surface area contributed by atoms with Crippen LogP contribution in [0.4, 0.5) is 5.82 Å². The van der Waals surface area contributed by atoms with Crippen molar-refractivity contribution in [2.45, 2.75) is 6.10 Å². The Morgan fingerprint density at radius 1 is 1.58 bits per heavy atom. The molecule has 2 rings (SSSR count). The third-order valence-electron chi connectivity index (χ3n) is 2.98. The smallest absolute Gasteiger partial charge is 0.253 e. The van der Waals surface area contributed by atoms with Crippen molar-refractivity contribution >= 4 is 11.7 Å². The first-order chi connectivity index (χ1) is 9.11. The maximum atomic E-state index is 11.9. The van der Waals surface area contributed by atoms with Gasteiger partial charge in [-0.15, -0.1) is 0 Å². The fourth-order valence-corrected chi connectivity index (χ4v) is 1.93. The SMILES string of the molecule is CN(C)C(=O)C1CN(c2ccc(C#N)cn2)CCO1. The first-order valence-corrected chi connectivity index (χ1v) is 6.05. The second-order valence-electron chi connectivity index (χ2n) is 4.55. The van der Waals surface area contributed by atoms with E-state index in [0.29, 0.717) is 25.3 Å². The van der Waals surface area contributed by atoms with Crippen molar-refractivity contribution in [1.29, 1.82) is 5.26 Å². The summed E-state index contributed by atoms with van der Waals surface area (Å²) in [5.41, 5.74) is 0.526. The number of nitriles is 1. The lowest BCUT2D eigenvalue weighted by Gasteiger charge is -2.34. The molecule has 0 N–H and O–H groups in total. The number of hydrogen-bond acceptors (Lipinski definition) is 5. The molecule has 1 atom stereocenters. The highest BCUT2D eigenvalue weighted by Crippen LogP contribution is 2.16. The summed E-state index contributed by atoms with van der Waals surface area (Å²) in [4.78, 5) is 19.6. The summed E-state index contributed by atoms with van der Waals surface area (Å²) in [6, 6.07) is 5.55. The highest BCUT2D eigenvalue weighted by molar-refractivity contribution is 5.81. The van der Waals surface area contributed by atoms with Crippen LogP contribution in [-0.4, -0.2) is 55.7 Å². The molecule has 2 heterocycles. The van der Waals surface area contributed by atoms with Gasteiger partial charge >= 0.3 is 0 Å². The van der Waals surface area contributed by atoms with Gasteiger partial charge in [0.15, 0.2) is 6.10 Å². The summed E-state index contributed by atoms with van der Waals surface area (Å²) in [6.07, 6.45) is 1.08. The summed E-state index contributed by atoms with van der Waals surface area (Å²) < 4.78 is 5.48. The van der Waals surface area contributed by atoms with Gasteiger partial charge in [0, 0.05) is 26.8 Å². The second-order valence-corrected chi connectivity index (χ2v) is 4.55. The number of aromatic nitrogens is 1. The Balaban J connectivity index is 2.08. The van der Waals surface area contributed by atoms with Gasteiger partial charge < -0.3 is 14.5 Å². The normalized spacial score (nSPS) is 18.8. The standard InChI is InChI=1S/C13H16N4O2/c1-16(2)13(18)11-9-17(5-6-19-11)12-4-3-10(7-14)8-15-12/h3-4,8,11H,5-6,9H2,1-2H3. The van der Waals surface area contributed by atoms with E-state index in [1.54, 1.807) is 26.2 Å². The number of amides is 1. The molecular formula is C13H16N4O2. The number of anilines is 1. The van der Waals surface area contributed by atoms with Crippen molar-refractivity contribution in [2.24, 2.45) is 0 Å². The van der Waals surface area contributed by atoms with Crippen LogP contribution in [0.25, 0.3) is 0 Å². The predicted octanol–water partition coefficient (Wildman–Crippen LogP) is 0.247. The molecule has 0 radical (unpaired) electrons. The van der Waals surface area contributed by atoms with E-state index in [-0.39, 0.29) is 5.91 Å². The summed E-state index contributed by atoms with van der Waals surface area (Å²) in [6.45, 7) is 1.66. The highest BCUT2D eigenvalue weighted by Gasteiger charge is 2.28. The molecule has 0 aliphatic carbocycles. The zero-order chi connectivity index (χ0) is 13.8. The molecule has 1 amide bonds. The number of likely N-dealkylation sites (N-methyl/N-ethyl adjacent to an activating group) is 1. The van der Waals surface area contributed by atoms with Crippen LogP contribution in [-0.2, 0) is 9.53 Å². The number of pyridine rings is 1. The minimum atomic E-state index is -0.457. The average molecular weight is 260 g/mol. The largest absolute Gasteiger partial charge is 0.365 e. The topological polar surface area (TPSA) is 69.5 Å². The third-order valence-corrected chi connectivity index (χ3v) is 2.98. The van der Waals surface area contributed by atoms with Crippen LogP contribution < -0.4 is 4.90 Å². The summed E-state index contributed by atoms with van der Waals surface area (Å²) in [5, 5.41) is 8.74. The van der Waals surface area contributed by atoms with Crippen molar-refractivity contribution in [3.05, 3.63) is 23.9 Å². The Morgan fingerprint density at radius 2 is 2.37 bits per heavy atom. The van der Waals surface area contributed by atoms with Crippen LogP contribution in [0, 0.1) is 11.3 Å². The van der Waals surface area contributed by atoms with Crippen LogP contribution in [0.2, 0.25) is 0 Å². The Morgan fingerprint density at radius 3 is 2.95 bits per heavy atom. The second kappa shape index (κ2) is 5.67. The van der Waals surface area contributed by atoms with E-state index in [4.69, 9.17) is 10.00 Å². The Kier molecular flexibility index (Phi) is 3.97. The zero-order valence-electron chi connectivity index (χ0n) is 11.0. The van der Waals surface area contributed by atoms with Gasteiger partial charge in [0.2, 0.25) is 0 Å². The quantitative estimate of drug-likeness (QED) is 0.762. The first kappa shape index (κ1) is 13.3. The number of rotatable bonds is 2. The molecule has 1 aromatic heterocycles. The fourth-order valence-electron chi connectivity index (χ4n) is 1.93. The van der Waals surface area contributed by atoms with E-state index in [1.165, 1.54) is 11.1 Å². The summed E-state index contributed by atoms with van der Waals surface area (Å²) in [5.74, 6) is 0.720. The van der Waals surface area contributed by atoms with Crippen molar-refractivity contribution in [2.75, 3.05) is 38.7 Å². The number of ether oxygens (including phenoxy) is 1. The average Bonchev–Trinajstić information content (AvgIpc) is 2.46. The first-order valence-electron chi connectivity index (χ1n) is 6.05. The molecule has 1 aliphatic rings. The number of hydrogen-bond donors (Lipinski definition) is 0. The number of carbonyl (C=O) groups excluding carboxylic acids is 1. The Bertz CT molecular complexity index is 492. The maximum Gasteiger partial charge on any atom is 0.253 e. The summed E-state index contributed by atoms with van der Waals surface area (Å²) in [7, 11) is 3.43.